The van der Waals surface area contributed by atoms with Crippen LogP contribution in [-0.2, 0) is 11.3 Å². The third-order valence-electron chi connectivity index (χ3n) is 1.80. The molecular weight excluding hydrogens is 185 g/mol. The molecule has 0 saturated carbocycles. The first kappa shape index (κ1) is 10.9. The van der Waals surface area contributed by atoms with Crippen LogP contribution in [-0.4, -0.2) is 21.0 Å². The van der Waals surface area contributed by atoms with Gasteiger partial charge < -0.3 is 9.47 Å². The maximum absolute atomic E-state index is 12.9. The molecule has 78 valence electrons. The number of ether oxygens (including phenoxy) is 2. The fraction of sp³-hybridized carbons (Fsp3) is 0.400. The molecule has 0 saturated heterocycles. The third kappa shape index (κ3) is 2.97. The summed E-state index contributed by atoms with van der Waals surface area (Å²) < 4.78 is 22.8. The summed E-state index contributed by atoms with van der Waals surface area (Å²) in [6.45, 7) is 0.953. The van der Waals surface area contributed by atoms with Crippen molar-refractivity contribution in [2.75, 3.05) is 21.0 Å². The maximum atomic E-state index is 12.9. The Labute approximate surface area is 82.8 Å². The molecule has 0 atom stereocenters. The summed E-state index contributed by atoms with van der Waals surface area (Å²) >= 11 is 0. The molecule has 3 nitrogen and oxygen atoms in total. The molecule has 4 heteroatoms. The molecule has 0 aliphatic heterocycles. The van der Waals surface area contributed by atoms with Gasteiger partial charge in [-0.25, -0.2) is 4.39 Å². The van der Waals surface area contributed by atoms with Crippen molar-refractivity contribution in [1.82, 2.24) is 5.32 Å². The van der Waals surface area contributed by atoms with Gasteiger partial charge in [0.2, 0.25) is 0 Å². The van der Waals surface area contributed by atoms with Gasteiger partial charge in [0.15, 0.2) is 0 Å². The monoisotopic (exact) mass is 199 g/mol. The lowest BCUT2D eigenvalue weighted by atomic mass is 10.2. The van der Waals surface area contributed by atoms with Crippen LogP contribution in [0.25, 0.3) is 0 Å². The number of rotatable bonds is 5. The minimum Gasteiger partial charge on any atom is -0.496 e. The minimum absolute atomic E-state index is 0.264. The van der Waals surface area contributed by atoms with Crippen molar-refractivity contribution in [1.29, 1.82) is 0 Å². The van der Waals surface area contributed by atoms with Gasteiger partial charge >= 0.3 is 0 Å². The first-order chi connectivity index (χ1) is 6.77. The second kappa shape index (κ2) is 5.57. The Morgan fingerprint density at radius 1 is 1.36 bits per heavy atom. The number of benzene rings is 1. The van der Waals surface area contributed by atoms with Crippen molar-refractivity contribution in [3.05, 3.63) is 29.6 Å². The molecule has 14 heavy (non-hydrogen) atoms. The number of hydrogen-bond acceptors (Lipinski definition) is 3. The van der Waals surface area contributed by atoms with Crippen molar-refractivity contribution in [3.8, 4) is 5.75 Å². The Balaban J connectivity index is 2.67. The lowest BCUT2D eigenvalue weighted by molar-refractivity contribution is 0.174. The molecule has 0 fully saturated rings. The van der Waals surface area contributed by atoms with Gasteiger partial charge in [-0.3, -0.25) is 5.32 Å². The summed E-state index contributed by atoms with van der Waals surface area (Å²) in [4.78, 5) is 0. The molecule has 0 aliphatic rings. The molecule has 0 radical (unpaired) electrons. The van der Waals surface area contributed by atoms with E-state index in [1.54, 1.807) is 20.3 Å². The summed E-state index contributed by atoms with van der Waals surface area (Å²) in [5, 5.41) is 2.98. The van der Waals surface area contributed by atoms with Crippen LogP contribution in [0.5, 0.6) is 5.75 Å². The zero-order chi connectivity index (χ0) is 10.4. The van der Waals surface area contributed by atoms with E-state index in [1.807, 2.05) is 0 Å². The minimum atomic E-state index is -0.264. The lowest BCUT2D eigenvalue weighted by Gasteiger charge is -2.08. The van der Waals surface area contributed by atoms with Gasteiger partial charge in [0, 0.05) is 19.2 Å². The molecule has 0 bridgehead atoms. The smallest absolute Gasteiger partial charge is 0.123 e. The van der Waals surface area contributed by atoms with Crippen molar-refractivity contribution in [3.63, 3.8) is 0 Å². The fourth-order valence-electron chi connectivity index (χ4n) is 1.17. The van der Waals surface area contributed by atoms with Crippen LogP contribution in [0.4, 0.5) is 4.39 Å². The van der Waals surface area contributed by atoms with Crippen LogP contribution in [0.3, 0.4) is 0 Å². The Morgan fingerprint density at radius 2 is 2.14 bits per heavy atom. The summed E-state index contributed by atoms with van der Waals surface area (Å²) in [5.74, 6) is 0.412. The van der Waals surface area contributed by atoms with Crippen molar-refractivity contribution < 1.29 is 13.9 Å². The van der Waals surface area contributed by atoms with Crippen LogP contribution in [0.1, 0.15) is 5.56 Å². The molecule has 1 aromatic rings. The molecule has 1 aromatic carbocycles. The first-order valence-corrected chi connectivity index (χ1v) is 4.30. The standard InChI is InChI=1S/C10H14FNO2/c1-13-7-12-6-8-5-9(11)3-4-10(8)14-2/h3-5,12H,6-7H2,1-2H3. The molecule has 0 spiro atoms. The molecule has 0 heterocycles. The molecule has 0 unspecified atom stereocenters. The van der Waals surface area contributed by atoms with E-state index in [0.29, 0.717) is 19.0 Å². The van der Waals surface area contributed by atoms with Gasteiger partial charge in [-0.1, -0.05) is 0 Å². The summed E-state index contributed by atoms with van der Waals surface area (Å²) in [6.07, 6.45) is 0. The van der Waals surface area contributed by atoms with E-state index >= 15 is 0 Å². The van der Waals surface area contributed by atoms with E-state index < -0.39 is 0 Å². The topological polar surface area (TPSA) is 30.5 Å². The highest BCUT2D eigenvalue weighted by Gasteiger charge is 2.03. The predicted octanol–water partition coefficient (Wildman–Crippen LogP) is 1.53. The number of halogens is 1. The van der Waals surface area contributed by atoms with Crippen LogP contribution >= 0.6 is 0 Å². The van der Waals surface area contributed by atoms with E-state index in [-0.39, 0.29) is 5.82 Å². The van der Waals surface area contributed by atoms with Gasteiger partial charge in [-0.2, -0.15) is 0 Å². The molecule has 0 amide bonds. The Hall–Kier alpha value is -1.13. The van der Waals surface area contributed by atoms with E-state index in [2.05, 4.69) is 5.32 Å². The fourth-order valence-corrected chi connectivity index (χ4v) is 1.17. The molecule has 0 aromatic heterocycles. The van der Waals surface area contributed by atoms with E-state index in [0.717, 1.165) is 5.56 Å². The normalized spacial score (nSPS) is 10.2. The Kier molecular flexibility index (Phi) is 4.35. The van der Waals surface area contributed by atoms with Gasteiger partial charge in [-0.05, 0) is 18.2 Å². The highest BCUT2D eigenvalue weighted by Crippen LogP contribution is 2.18. The van der Waals surface area contributed by atoms with Crippen molar-refractivity contribution in [2.24, 2.45) is 0 Å². The highest BCUT2D eigenvalue weighted by molar-refractivity contribution is 5.33. The average Bonchev–Trinajstić information content (AvgIpc) is 2.19. The Morgan fingerprint density at radius 3 is 2.79 bits per heavy atom. The molecule has 1 rings (SSSR count). The predicted molar refractivity (Wildman–Crippen MR) is 51.7 cm³/mol. The first-order valence-electron chi connectivity index (χ1n) is 4.30. The largest absolute Gasteiger partial charge is 0.496 e. The van der Waals surface area contributed by atoms with Crippen molar-refractivity contribution in [2.45, 2.75) is 6.54 Å². The highest BCUT2D eigenvalue weighted by atomic mass is 19.1. The third-order valence-corrected chi connectivity index (χ3v) is 1.80. The van der Waals surface area contributed by atoms with E-state index in [9.17, 15) is 4.39 Å². The summed E-state index contributed by atoms with van der Waals surface area (Å²) in [7, 11) is 3.16. The SMILES string of the molecule is COCNCc1cc(F)ccc1OC. The van der Waals surface area contributed by atoms with Crippen LogP contribution in [0.15, 0.2) is 18.2 Å². The van der Waals surface area contributed by atoms with Gasteiger partial charge in [-0.15, -0.1) is 0 Å². The zero-order valence-corrected chi connectivity index (χ0v) is 8.34. The summed E-state index contributed by atoms with van der Waals surface area (Å²) in [6, 6.07) is 4.43. The summed E-state index contributed by atoms with van der Waals surface area (Å²) in [5.41, 5.74) is 0.782. The van der Waals surface area contributed by atoms with Gasteiger partial charge in [0.05, 0.1) is 13.8 Å². The molecule has 0 aliphatic carbocycles. The number of methoxy groups -OCH3 is 2. The Bertz CT molecular complexity index is 291. The maximum Gasteiger partial charge on any atom is 0.123 e. The average molecular weight is 199 g/mol. The van der Waals surface area contributed by atoms with Crippen LogP contribution in [0, 0.1) is 5.82 Å². The second-order valence-corrected chi connectivity index (χ2v) is 2.82. The van der Waals surface area contributed by atoms with E-state index in [1.165, 1.54) is 12.1 Å². The lowest BCUT2D eigenvalue weighted by Crippen LogP contribution is -2.16. The van der Waals surface area contributed by atoms with Crippen LogP contribution < -0.4 is 10.1 Å². The second-order valence-electron chi connectivity index (χ2n) is 2.82. The molecule has 1 N–H and O–H groups in total. The quantitative estimate of drug-likeness (QED) is 0.576. The van der Waals surface area contributed by atoms with Crippen molar-refractivity contribution >= 4 is 0 Å². The van der Waals surface area contributed by atoms with Gasteiger partial charge in [0.1, 0.15) is 11.6 Å². The molecular formula is C10H14FNO2. The van der Waals surface area contributed by atoms with Crippen LogP contribution in [0.2, 0.25) is 0 Å². The van der Waals surface area contributed by atoms with Gasteiger partial charge in [0.25, 0.3) is 0 Å². The van der Waals surface area contributed by atoms with E-state index in [4.69, 9.17) is 9.47 Å². The number of hydrogen-bond donors (Lipinski definition) is 1. The number of nitrogens with one attached hydrogen (secondary N) is 1. The zero-order valence-electron chi connectivity index (χ0n) is 8.34.